The molecule has 0 spiro atoms. The molecule has 0 aliphatic carbocycles. The molecule has 2 aromatic carbocycles. The smallest absolute Gasteiger partial charge is 0.260 e. The highest BCUT2D eigenvalue weighted by Gasteiger charge is 2.34. The predicted molar refractivity (Wildman–Crippen MR) is 116 cm³/mol. The van der Waals surface area contributed by atoms with E-state index >= 15 is 0 Å². The summed E-state index contributed by atoms with van der Waals surface area (Å²) < 4.78 is 29.3. The van der Waals surface area contributed by atoms with Crippen LogP contribution in [0.5, 0.6) is 5.75 Å². The van der Waals surface area contributed by atoms with Crippen LogP contribution in [0.1, 0.15) is 26.2 Å². The second-order valence-corrected chi connectivity index (χ2v) is 9.93. The van der Waals surface area contributed by atoms with E-state index in [4.69, 9.17) is 16.3 Å². The summed E-state index contributed by atoms with van der Waals surface area (Å²) in [5, 5.41) is 0.433. The van der Waals surface area contributed by atoms with Crippen molar-refractivity contribution in [2.45, 2.75) is 32.2 Å². The van der Waals surface area contributed by atoms with Gasteiger partial charge in [0.1, 0.15) is 5.75 Å². The Hall–Kier alpha value is -2.05. The molecule has 1 atom stereocenters. The second-order valence-electron chi connectivity index (χ2n) is 7.30. The molecule has 1 unspecified atom stereocenters. The molecular formula is C22H26ClNO4S. The Morgan fingerprint density at radius 1 is 1.17 bits per heavy atom. The number of ether oxygens (including phenoxy) is 1. The molecule has 0 saturated carbocycles. The number of hydrogen-bond acceptors (Lipinski definition) is 4. The van der Waals surface area contributed by atoms with Gasteiger partial charge in [0, 0.05) is 12.6 Å². The van der Waals surface area contributed by atoms with Crippen LogP contribution in [0.15, 0.2) is 48.5 Å². The molecule has 1 heterocycles. The first kappa shape index (κ1) is 21.7. The monoisotopic (exact) mass is 435 g/mol. The fraction of sp³-hybridized carbons (Fsp3) is 0.409. The van der Waals surface area contributed by atoms with Crippen LogP contribution in [0.2, 0.25) is 5.02 Å². The molecule has 156 valence electrons. The van der Waals surface area contributed by atoms with E-state index in [-0.39, 0.29) is 30.1 Å². The SMILES string of the molecule is CCCCN(C(=O)COc1ccc(-c2ccccc2)cc1Cl)C1CCS(=O)(=O)C1. The Kier molecular flexibility index (Phi) is 7.19. The Morgan fingerprint density at radius 2 is 1.93 bits per heavy atom. The van der Waals surface area contributed by atoms with E-state index in [2.05, 4.69) is 0 Å². The van der Waals surface area contributed by atoms with Crippen molar-refractivity contribution in [2.75, 3.05) is 24.7 Å². The number of unbranched alkanes of at least 4 members (excludes halogenated alkanes) is 1. The van der Waals surface area contributed by atoms with Crippen LogP contribution < -0.4 is 4.74 Å². The Morgan fingerprint density at radius 3 is 2.55 bits per heavy atom. The Labute approximate surface area is 177 Å². The lowest BCUT2D eigenvalue weighted by atomic mass is 10.1. The molecule has 0 radical (unpaired) electrons. The van der Waals surface area contributed by atoms with E-state index in [0.29, 0.717) is 23.7 Å². The summed E-state index contributed by atoms with van der Waals surface area (Å²) >= 11 is 6.36. The Balaban J connectivity index is 1.66. The number of rotatable bonds is 8. The highest BCUT2D eigenvalue weighted by Crippen LogP contribution is 2.30. The second kappa shape index (κ2) is 9.63. The quantitative estimate of drug-likeness (QED) is 0.623. The van der Waals surface area contributed by atoms with Crippen LogP contribution in [0, 0.1) is 0 Å². The molecule has 7 heteroatoms. The van der Waals surface area contributed by atoms with Gasteiger partial charge in [-0.2, -0.15) is 0 Å². The average molecular weight is 436 g/mol. The molecule has 1 aliphatic heterocycles. The zero-order valence-corrected chi connectivity index (χ0v) is 18.1. The summed E-state index contributed by atoms with van der Waals surface area (Å²) in [7, 11) is -3.06. The van der Waals surface area contributed by atoms with E-state index in [9.17, 15) is 13.2 Å². The van der Waals surface area contributed by atoms with E-state index < -0.39 is 9.84 Å². The number of sulfone groups is 1. The zero-order valence-electron chi connectivity index (χ0n) is 16.5. The summed E-state index contributed by atoms with van der Waals surface area (Å²) in [6.45, 7) is 2.42. The highest BCUT2D eigenvalue weighted by atomic mass is 35.5. The lowest BCUT2D eigenvalue weighted by Gasteiger charge is -2.28. The molecule has 1 aliphatic rings. The lowest BCUT2D eigenvalue weighted by Crippen LogP contribution is -2.44. The van der Waals surface area contributed by atoms with Gasteiger partial charge in [0.15, 0.2) is 16.4 Å². The molecule has 29 heavy (non-hydrogen) atoms. The number of amides is 1. The maximum atomic E-state index is 12.8. The summed E-state index contributed by atoms with van der Waals surface area (Å²) in [6.07, 6.45) is 2.25. The first-order valence-electron chi connectivity index (χ1n) is 9.87. The van der Waals surface area contributed by atoms with Crippen molar-refractivity contribution in [1.29, 1.82) is 0 Å². The standard InChI is InChI=1S/C22H26ClNO4S/c1-2-3-12-24(19-11-13-29(26,27)16-19)22(25)15-28-21-10-9-18(14-20(21)23)17-7-5-4-6-8-17/h4-10,14,19H,2-3,11-13,15-16H2,1H3. The van der Waals surface area contributed by atoms with Crippen molar-refractivity contribution in [2.24, 2.45) is 0 Å². The minimum atomic E-state index is -3.06. The van der Waals surface area contributed by atoms with Crippen LogP contribution >= 0.6 is 11.6 Å². The highest BCUT2D eigenvalue weighted by molar-refractivity contribution is 7.91. The molecule has 1 fully saturated rings. The maximum Gasteiger partial charge on any atom is 0.260 e. The van der Waals surface area contributed by atoms with Crippen molar-refractivity contribution in [3.63, 3.8) is 0 Å². The van der Waals surface area contributed by atoms with Crippen molar-refractivity contribution in [1.82, 2.24) is 4.90 Å². The molecule has 1 saturated heterocycles. The summed E-state index contributed by atoms with van der Waals surface area (Å²) in [6, 6.07) is 15.1. The van der Waals surface area contributed by atoms with Gasteiger partial charge in [0.25, 0.3) is 5.91 Å². The maximum absolute atomic E-state index is 12.8. The first-order chi connectivity index (χ1) is 13.9. The molecule has 0 aromatic heterocycles. The van der Waals surface area contributed by atoms with Gasteiger partial charge in [-0.3, -0.25) is 4.79 Å². The van der Waals surface area contributed by atoms with Gasteiger partial charge in [0.05, 0.1) is 16.5 Å². The fourth-order valence-corrected chi connectivity index (χ4v) is 5.48. The summed E-state index contributed by atoms with van der Waals surface area (Å²) in [4.78, 5) is 14.5. The average Bonchev–Trinajstić information content (AvgIpc) is 3.07. The summed E-state index contributed by atoms with van der Waals surface area (Å²) in [5.74, 6) is 0.411. The Bertz CT molecular complexity index is 947. The molecule has 5 nitrogen and oxygen atoms in total. The zero-order chi connectivity index (χ0) is 20.9. The third-order valence-corrected chi connectivity index (χ3v) is 7.16. The fourth-order valence-electron chi connectivity index (χ4n) is 3.51. The van der Waals surface area contributed by atoms with Crippen LogP contribution in [-0.2, 0) is 14.6 Å². The van der Waals surface area contributed by atoms with Gasteiger partial charge in [-0.1, -0.05) is 61.3 Å². The van der Waals surface area contributed by atoms with Crippen molar-refractivity contribution >= 4 is 27.3 Å². The number of carbonyl (C=O) groups excluding carboxylic acids is 1. The van der Waals surface area contributed by atoms with Gasteiger partial charge in [-0.05, 0) is 36.1 Å². The van der Waals surface area contributed by atoms with Crippen LogP contribution in [0.25, 0.3) is 11.1 Å². The van der Waals surface area contributed by atoms with Crippen molar-refractivity contribution in [3.05, 3.63) is 53.6 Å². The van der Waals surface area contributed by atoms with Gasteiger partial charge in [-0.15, -0.1) is 0 Å². The van der Waals surface area contributed by atoms with Gasteiger partial charge >= 0.3 is 0 Å². The lowest BCUT2D eigenvalue weighted by molar-refractivity contribution is -0.135. The van der Waals surface area contributed by atoms with E-state index in [1.54, 1.807) is 11.0 Å². The molecule has 0 bridgehead atoms. The van der Waals surface area contributed by atoms with Crippen LogP contribution in [0.3, 0.4) is 0 Å². The van der Waals surface area contributed by atoms with Crippen LogP contribution in [-0.4, -0.2) is 49.9 Å². The molecule has 3 rings (SSSR count). The molecular weight excluding hydrogens is 410 g/mol. The van der Waals surface area contributed by atoms with Gasteiger partial charge in [0.2, 0.25) is 0 Å². The normalized spacial score (nSPS) is 17.8. The molecule has 0 N–H and O–H groups in total. The van der Waals surface area contributed by atoms with E-state index in [1.807, 2.05) is 49.4 Å². The topological polar surface area (TPSA) is 63.7 Å². The van der Waals surface area contributed by atoms with Crippen molar-refractivity contribution < 1.29 is 17.9 Å². The number of carbonyl (C=O) groups is 1. The van der Waals surface area contributed by atoms with E-state index in [1.165, 1.54) is 0 Å². The molecule has 1 amide bonds. The largest absolute Gasteiger partial charge is 0.482 e. The van der Waals surface area contributed by atoms with E-state index in [0.717, 1.165) is 24.0 Å². The third-order valence-electron chi connectivity index (χ3n) is 5.11. The third kappa shape index (κ3) is 5.73. The minimum absolute atomic E-state index is 0.0367. The van der Waals surface area contributed by atoms with Gasteiger partial charge in [-0.25, -0.2) is 8.42 Å². The number of benzene rings is 2. The minimum Gasteiger partial charge on any atom is -0.482 e. The molecule has 2 aromatic rings. The summed E-state index contributed by atoms with van der Waals surface area (Å²) in [5.41, 5.74) is 2.01. The van der Waals surface area contributed by atoms with Crippen LogP contribution in [0.4, 0.5) is 0 Å². The number of halogens is 1. The number of hydrogen-bond donors (Lipinski definition) is 0. The van der Waals surface area contributed by atoms with Gasteiger partial charge < -0.3 is 9.64 Å². The van der Waals surface area contributed by atoms with Crippen molar-refractivity contribution in [3.8, 4) is 16.9 Å². The number of nitrogens with zero attached hydrogens (tertiary/aromatic N) is 1. The predicted octanol–water partition coefficient (Wildman–Crippen LogP) is 4.20. The first-order valence-corrected chi connectivity index (χ1v) is 12.1.